The van der Waals surface area contributed by atoms with Gasteiger partial charge in [0.15, 0.2) is 9.84 Å². The second-order valence-corrected chi connectivity index (χ2v) is 12.8. The molecule has 32 heavy (non-hydrogen) atoms. The minimum absolute atomic E-state index is 0.191. The van der Waals surface area contributed by atoms with Gasteiger partial charge in [-0.2, -0.15) is 4.40 Å². The summed E-state index contributed by atoms with van der Waals surface area (Å²) in [6.45, 7) is 9.19. The van der Waals surface area contributed by atoms with Crippen molar-refractivity contribution in [2.75, 3.05) is 6.26 Å². The highest BCUT2D eigenvalue weighted by molar-refractivity contribution is 7.90. The smallest absolute Gasteiger partial charge is 0.261 e. The fourth-order valence-corrected chi connectivity index (χ4v) is 4.47. The Morgan fingerprint density at radius 1 is 1.12 bits per heavy atom. The fraction of sp³-hybridized carbons (Fsp3) is 0.348. The number of aromatic nitrogens is 2. The van der Waals surface area contributed by atoms with Gasteiger partial charge >= 0.3 is 0 Å². The highest BCUT2D eigenvalue weighted by Crippen LogP contribution is 2.24. The molecule has 1 heterocycles. The Kier molecular flexibility index (Phi) is 6.27. The number of fused-ring (bicyclic) bond motifs is 1. The third-order valence-corrected chi connectivity index (χ3v) is 7.61. The molecular formula is C23H27N3O4S2. The minimum Gasteiger partial charge on any atom is -0.295 e. The zero-order chi connectivity index (χ0) is 24.0. The van der Waals surface area contributed by atoms with E-state index in [0.29, 0.717) is 33.6 Å². The summed E-state index contributed by atoms with van der Waals surface area (Å²) in [6, 6.07) is 9.91. The second-order valence-electron chi connectivity index (χ2n) is 8.84. The number of rotatable bonds is 4. The van der Waals surface area contributed by atoms with Gasteiger partial charge in [0, 0.05) is 24.4 Å². The standard InChI is InChI=1S/C23H27N3O4S2/c1-14-12-18(15(2)25-31(28)23(3,4)5)20-19(13-14)22(27)26(6)21(24-20)16-8-10-17(11-9-16)32(7,29)30/h8-13H,1-7H3/b25-15-/t31-/m1/s1. The van der Waals surface area contributed by atoms with E-state index >= 15 is 0 Å². The molecule has 0 fully saturated rings. The van der Waals surface area contributed by atoms with Crippen LogP contribution in [0.1, 0.15) is 38.8 Å². The third kappa shape index (κ3) is 4.73. The van der Waals surface area contributed by atoms with Crippen LogP contribution in [0.3, 0.4) is 0 Å². The topological polar surface area (TPSA) is 98.5 Å². The van der Waals surface area contributed by atoms with E-state index in [1.165, 1.54) is 16.7 Å². The summed E-state index contributed by atoms with van der Waals surface area (Å²) in [6.07, 6.45) is 1.14. The molecule has 0 saturated heterocycles. The first-order valence-corrected chi connectivity index (χ1v) is 13.0. The Labute approximate surface area is 190 Å². The number of nitrogens with zero attached hydrogens (tertiary/aromatic N) is 3. The lowest BCUT2D eigenvalue weighted by Crippen LogP contribution is -2.22. The van der Waals surface area contributed by atoms with Crippen molar-refractivity contribution in [1.82, 2.24) is 9.55 Å². The lowest BCUT2D eigenvalue weighted by molar-refractivity contribution is 0.602. The van der Waals surface area contributed by atoms with Crippen molar-refractivity contribution in [3.8, 4) is 11.4 Å². The summed E-state index contributed by atoms with van der Waals surface area (Å²) < 4.78 is 41.4. The molecule has 0 unspecified atom stereocenters. The van der Waals surface area contributed by atoms with Gasteiger partial charge in [0.2, 0.25) is 0 Å². The van der Waals surface area contributed by atoms with Crippen LogP contribution >= 0.6 is 0 Å². The Bertz CT molecular complexity index is 1430. The quantitative estimate of drug-likeness (QED) is 0.540. The Morgan fingerprint density at radius 2 is 1.72 bits per heavy atom. The first kappa shape index (κ1) is 24.0. The summed E-state index contributed by atoms with van der Waals surface area (Å²) in [4.78, 5) is 18.1. The van der Waals surface area contributed by atoms with Crippen LogP contribution < -0.4 is 5.56 Å². The van der Waals surface area contributed by atoms with Gasteiger partial charge in [-0.05, 0) is 76.6 Å². The second kappa shape index (κ2) is 8.37. The van der Waals surface area contributed by atoms with E-state index in [0.717, 1.165) is 11.8 Å². The van der Waals surface area contributed by atoms with E-state index in [2.05, 4.69) is 4.40 Å². The maximum Gasteiger partial charge on any atom is 0.261 e. The van der Waals surface area contributed by atoms with Gasteiger partial charge in [0.05, 0.1) is 26.3 Å². The SMILES string of the molecule is C/C(=N/[S@](=O)C(C)(C)C)c1cc(C)cc2c(=O)n(C)c(-c3ccc(S(C)(=O)=O)cc3)nc12. The maximum absolute atomic E-state index is 13.2. The zero-order valence-corrected chi connectivity index (χ0v) is 20.9. The van der Waals surface area contributed by atoms with Gasteiger partial charge in [-0.15, -0.1) is 0 Å². The molecule has 0 saturated carbocycles. The van der Waals surface area contributed by atoms with E-state index in [1.807, 2.05) is 33.8 Å². The van der Waals surface area contributed by atoms with Crippen LogP contribution in [-0.4, -0.2) is 38.9 Å². The molecule has 7 nitrogen and oxygen atoms in total. The molecule has 1 aromatic heterocycles. The van der Waals surface area contributed by atoms with Gasteiger partial charge in [0.1, 0.15) is 16.8 Å². The van der Waals surface area contributed by atoms with Crippen molar-refractivity contribution in [2.24, 2.45) is 11.4 Å². The molecule has 0 aliphatic carbocycles. The molecule has 0 aliphatic heterocycles. The number of hydrogen-bond acceptors (Lipinski definition) is 5. The van der Waals surface area contributed by atoms with Crippen LogP contribution in [-0.2, 0) is 27.9 Å². The number of hydrogen-bond donors (Lipinski definition) is 0. The molecule has 0 radical (unpaired) electrons. The molecule has 0 bridgehead atoms. The first-order valence-electron chi connectivity index (χ1n) is 9.99. The van der Waals surface area contributed by atoms with Crippen LogP contribution in [0.5, 0.6) is 0 Å². The lowest BCUT2D eigenvalue weighted by Gasteiger charge is -2.16. The summed E-state index contributed by atoms with van der Waals surface area (Å²) in [5, 5.41) is 0.440. The van der Waals surface area contributed by atoms with Crippen molar-refractivity contribution in [3.05, 3.63) is 57.9 Å². The van der Waals surface area contributed by atoms with Crippen molar-refractivity contribution in [2.45, 2.75) is 44.3 Å². The van der Waals surface area contributed by atoms with E-state index in [1.54, 1.807) is 32.2 Å². The van der Waals surface area contributed by atoms with Crippen molar-refractivity contribution in [3.63, 3.8) is 0 Å². The summed E-state index contributed by atoms with van der Waals surface area (Å²) >= 11 is 0. The molecule has 0 spiro atoms. The van der Waals surface area contributed by atoms with E-state index in [4.69, 9.17) is 4.98 Å². The maximum atomic E-state index is 13.2. The molecule has 170 valence electrons. The number of aryl methyl sites for hydroxylation is 1. The number of sulfone groups is 1. The fourth-order valence-electron chi connectivity index (χ4n) is 3.22. The molecule has 0 aliphatic rings. The monoisotopic (exact) mass is 473 g/mol. The Balaban J connectivity index is 2.29. The molecular weight excluding hydrogens is 446 g/mol. The normalized spacial score (nSPS) is 14.0. The van der Waals surface area contributed by atoms with Crippen molar-refractivity contribution in [1.29, 1.82) is 0 Å². The van der Waals surface area contributed by atoms with Gasteiger partial charge in [0.25, 0.3) is 5.56 Å². The van der Waals surface area contributed by atoms with E-state index in [-0.39, 0.29) is 10.5 Å². The molecule has 9 heteroatoms. The summed E-state index contributed by atoms with van der Waals surface area (Å²) in [5.41, 5.74) is 2.89. The minimum atomic E-state index is -3.33. The predicted octanol–water partition coefficient (Wildman–Crippen LogP) is 3.58. The first-order chi connectivity index (χ1) is 14.7. The van der Waals surface area contributed by atoms with Crippen LogP contribution in [0.4, 0.5) is 0 Å². The summed E-state index contributed by atoms with van der Waals surface area (Å²) in [7, 11) is -3.16. The average Bonchev–Trinajstić information content (AvgIpc) is 2.69. The van der Waals surface area contributed by atoms with Crippen LogP contribution in [0.25, 0.3) is 22.3 Å². The largest absolute Gasteiger partial charge is 0.295 e. The van der Waals surface area contributed by atoms with Gasteiger partial charge < -0.3 is 0 Å². The van der Waals surface area contributed by atoms with Gasteiger partial charge in [-0.1, -0.05) is 0 Å². The molecule has 2 aromatic carbocycles. The van der Waals surface area contributed by atoms with Crippen molar-refractivity contribution >= 4 is 37.4 Å². The predicted molar refractivity (Wildman–Crippen MR) is 130 cm³/mol. The zero-order valence-electron chi connectivity index (χ0n) is 19.3. The molecule has 1 atom stereocenters. The third-order valence-electron chi connectivity index (χ3n) is 5.00. The highest BCUT2D eigenvalue weighted by atomic mass is 32.2. The Morgan fingerprint density at radius 3 is 2.25 bits per heavy atom. The molecule has 3 rings (SSSR count). The molecule has 0 N–H and O–H groups in total. The lowest BCUT2D eigenvalue weighted by atomic mass is 10.0. The highest BCUT2D eigenvalue weighted by Gasteiger charge is 2.21. The average molecular weight is 474 g/mol. The van der Waals surface area contributed by atoms with Gasteiger partial charge in [-0.25, -0.2) is 17.6 Å². The molecule has 3 aromatic rings. The van der Waals surface area contributed by atoms with E-state index < -0.39 is 25.6 Å². The van der Waals surface area contributed by atoms with Crippen molar-refractivity contribution < 1.29 is 12.6 Å². The van der Waals surface area contributed by atoms with E-state index in [9.17, 15) is 17.4 Å². The molecule has 0 amide bonds. The van der Waals surface area contributed by atoms with Crippen LogP contribution in [0.15, 0.2) is 50.5 Å². The van der Waals surface area contributed by atoms with Gasteiger partial charge in [-0.3, -0.25) is 9.36 Å². The van der Waals surface area contributed by atoms with Crippen LogP contribution in [0.2, 0.25) is 0 Å². The Hall–Kier alpha value is -2.65. The van der Waals surface area contributed by atoms with Crippen LogP contribution in [0, 0.1) is 6.92 Å². The summed E-state index contributed by atoms with van der Waals surface area (Å²) in [5.74, 6) is 0.400. The number of benzene rings is 2.